The Hall–Kier alpha value is -3.10. The fourth-order valence-electron chi connectivity index (χ4n) is 3.45. The summed E-state index contributed by atoms with van der Waals surface area (Å²) in [6, 6.07) is 19.0. The van der Waals surface area contributed by atoms with Crippen molar-refractivity contribution < 1.29 is 23.9 Å². The number of ether oxygens (including phenoxy) is 2. The molecular weight excluding hydrogens is 506 g/mol. The van der Waals surface area contributed by atoms with Gasteiger partial charge in [-0.05, 0) is 74.7 Å². The summed E-state index contributed by atoms with van der Waals surface area (Å²) >= 11 is 4.34. The molecule has 0 N–H and O–H groups in total. The van der Waals surface area contributed by atoms with Gasteiger partial charge in [-0.3, -0.25) is 14.5 Å². The molecule has 33 heavy (non-hydrogen) atoms. The van der Waals surface area contributed by atoms with Crippen LogP contribution in [0.2, 0.25) is 0 Å². The molecule has 1 aliphatic heterocycles. The van der Waals surface area contributed by atoms with Crippen LogP contribution < -0.4 is 4.74 Å². The van der Waals surface area contributed by atoms with E-state index in [0.29, 0.717) is 15.1 Å². The Kier molecular flexibility index (Phi) is 7.15. The molecule has 3 aromatic carbocycles. The van der Waals surface area contributed by atoms with Crippen LogP contribution in [0.4, 0.5) is 4.79 Å². The lowest BCUT2D eigenvalue weighted by atomic mass is 10.0. The molecule has 4 rings (SSSR count). The van der Waals surface area contributed by atoms with E-state index >= 15 is 0 Å². The molecule has 0 bridgehead atoms. The van der Waals surface area contributed by atoms with Crippen LogP contribution in [0.15, 0.2) is 70.0 Å². The number of carbonyl (C=O) groups excluding carboxylic acids is 3. The lowest BCUT2D eigenvalue weighted by Gasteiger charge is -2.14. The standard InChI is InChI=1S/C25H20BrNO5S/c1-2-31-23(28)15-32-21-11-10-16(12-20(21)26)13-22-24(29)27(25(30)33-22)14-18-8-5-7-17-6-3-4-9-19(17)18/h3-13H,2,14-15H2,1H3/b22-13+. The number of thioether (sulfide) groups is 1. The van der Waals surface area contributed by atoms with Crippen LogP contribution in [0.1, 0.15) is 18.1 Å². The van der Waals surface area contributed by atoms with Gasteiger partial charge in [-0.15, -0.1) is 0 Å². The number of fused-ring (bicyclic) bond motifs is 1. The molecule has 1 heterocycles. The summed E-state index contributed by atoms with van der Waals surface area (Å²) in [5.74, 6) is -0.297. The molecule has 2 amide bonds. The van der Waals surface area contributed by atoms with Crippen molar-refractivity contribution in [2.45, 2.75) is 13.5 Å². The van der Waals surface area contributed by atoms with Crippen molar-refractivity contribution >= 4 is 61.7 Å². The van der Waals surface area contributed by atoms with Crippen LogP contribution in [0, 0.1) is 0 Å². The van der Waals surface area contributed by atoms with Gasteiger partial charge in [0, 0.05) is 0 Å². The Bertz CT molecular complexity index is 1270. The number of rotatable bonds is 7. The minimum Gasteiger partial charge on any atom is -0.481 e. The molecule has 168 valence electrons. The molecule has 0 aliphatic carbocycles. The molecule has 0 aromatic heterocycles. The van der Waals surface area contributed by atoms with Gasteiger partial charge >= 0.3 is 5.97 Å². The van der Waals surface area contributed by atoms with Crippen molar-refractivity contribution in [2.75, 3.05) is 13.2 Å². The van der Waals surface area contributed by atoms with Gasteiger partial charge in [0.25, 0.3) is 11.1 Å². The van der Waals surface area contributed by atoms with Crippen molar-refractivity contribution in [3.05, 3.63) is 81.2 Å². The van der Waals surface area contributed by atoms with Gasteiger partial charge in [0.05, 0.1) is 22.5 Å². The van der Waals surface area contributed by atoms with Crippen LogP contribution in [0.3, 0.4) is 0 Å². The SMILES string of the molecule is CCOC(=O)COc1ccc(/C=C2/SC(=O)N(Cc3cccc4ccccc34)C2=O)cc1Br. The number of hydrogen-bond acceptors (Lipinski definition) is 6. The quantitative estimate of drug-likeness (QED) is 0.287. The Labute approximate surface area is 203 Å². The average Bonchev–Trinajstić information content (AvgIpc) is 3.06. The van der Waals surface area contributed by atoms with Gasteiger partial charge in [-0.1, -0.05) is 48.5 Å². The predicted molar refractivity (Wildman–Crippen MR) is 132 cm³/mol. The zero-order chi connectivity index (χ0) is 23.4. The highest BCUT2D eigenvalue weighted by molar-refractivity contribution is 9.10. The Morgan fingerprint density at radius 3 is 2.67 bits per heavy atom. The third kappa shape index (κ3) is 5.29. The van der Waals surface area contributed by atoms with Crippen molar-refractivity contribution in [3.63, 3.8) is 0 Å². The second kappa shape index (κ2) is 10.2. The number of hydrogen-bond donors (Lipinski definition) is 0. The number of benzene rings is 3. The second-order valence-electron chi connectivity index (χ2n) is 7.19. The monoisotopic (exact) mass is 525 g/mol. The first-order chi connectivity index (χ1) is 16.0. The van der Waals surface area contributed by atoms with Crippen molar-refractivity contribution in [2.24, 2.45) is 0 Å². The molecule has 3 aromatic rings. The number of amides is 2. The van der Waals surface area contributed by atoms with Crippen molar-refractivity contribution in [1.82, 2.24) is 4.90 Å². The molecule has 0 atom stereocenters. The summed E-state index contributed by atoms with van der Waals surface area (Å²) < 4.78 is 10.9. The third-order valence-corrected chi connectivity index (χ3v) is 6.51. The topological polar surface area (TPSA) is 72.9 Å². The molecule has 0 spiro atoms. The first-order valence-corrected chi connectivity index (χ1v) is 11.9. The van der Waals surface area contributed by atoms with E-state index in [2.05, 4.69) is 15.9 Å². The van der Waals surface area contributed by atoms with E-state index in [-0.39, 0.29) is 30.9 Å². The molecule has 8 heteroatoms. The lowest BCUT2D eigenvalue weighted by molar-refractivity contribution is -0.145. The van der Waals surface area contributed by atoms with Gasteiger partial charge in [0.1, 0.15) is 5.75 Å². The summed E-state index contributed by atoms with van der Waals surface area (Å²) in [7, 11) is 0. The maximum atomic E-state index is 13.0. The predicted octanol–water partition coefficient (Wildman–Crippen LogP) is 5.78. The highest BCUT2D eigenvalue weighted by Gasteiger charge is 2.35. The molecule has 1 saturated heterocycles. The van der Waals surface area contributed by atoms with Gasteiger partial charge in [0.15, 0.2) is 6.61 Å². The van der Waals surface area contributed by atoms with E-state index in [1.54, 1.807) is 31.2 Å². The van der Waals surface area contributed by atoms with Gasteiger partial charge in [-0.2, -0.15) is 0 Å². The molecule has 0 unspecified atom stereocenters. The fourth-order valence-corrected chi connectivity index (χ4v) is 4.80. The zero-order valence-electron chi connectivity index (χ0n) is 17.7. The average molecular weight is 526 g/mol. The summed E-state index contributed by atoms with van der Waals surface area (Å²) in [5, 5.41) is 1.78. The Morgan fingerprint density at radius 2 is 1.88 bits per heavy atom. The van der Waals surface area contributed by atoms with Gasteiger partial charge < -0.3 is 9.47 Å². The van der Waals surface area contributed by atoms with Gasteiger partial charge in [0.2, 0.25) is 0 Å². The highest BCUT2D eigenvalue weighted by atomic mass is 79.9. The summed E-state index contributed by atoms with van der Waals surface area (Å²) in [6.07, 6.45) is 1.67. The summed E-state index contributed by atoms with van der Waals surface area (Å²) in [5.41, 5.74) is 1.64. The Morgan fingerprint density at radius 1 is 1.09 bits per heavy atom. The van der Waals surface area contributed by atoms with Crippen LogP contribution >= 0.6 is 27.7 Å². The number of carbonyl (C=O) groups is 3. The molecule has 6 nitrogen and oxygen atoms in total. The van der Waals surface area contributed by atoms with Crippen molar-refractivity contribution in [3.8, 4) is 5.75 Å². The van der Waals surface area contributed by atoms with Crippen molar-refractivity contribution in [1.29, 1.82) is 0 Å². The molecule has 1 aliphatic rings. The summed E-state index contributed by atoms with van der Waals surface area (Å²) in [6.45, 7) is 2.04. The first kappa shape index (κ1) is 23.1. The van der Waals surface area contributed by atoms with E-state index in [4.69, 9.17) is 9.47 Å². The minimum absolute atomic E-state index is 0.196. The molecule has 1 fully saturated rings. The number of imide groups is 1. The van der Waals surface area contributed by atoms with E-state index in [1.807, 2.05) is 42.5 Å². The normalized spacial score (nSPS) is 14.8. The summed E-state index contributed by atoms with van der Waals surface area (Å²) in [4.78, 5) is 38.7. The maximum absolute atomic E-state index is 13.0. The lowest BCUT2D eigenvalue weighted by Crippen LogP contribution is -2.27. The van der Waals surface area contributed by atoms with Crippen LogP contribution in [0.25, 0.3) is 16.8 Å². The fraction of sp³-hybridized carbons (Fsp3) is 0.160. The molecular formula is C25H20BrNO5S. The third-order valence-electron chi connectivity index (χ3n) is 4.99. The molecule has 0 saturated carbocycles. The van der Waals surface area contributed by atoms with Crippen LogP contribution in [-0.2, 0) is 20.9 Å². The minimum atomic E-state index is -0.451. The van der Waals surface area contributed by atoms with E-state index in [0.717, 1.165) is 33.7 Å². The van der Waals surface area contributed by atoms with Crippen LogP contribution in [-0.4, -0.2) is 35.2 Å². The molecule has 0 radical (unpaired) electrons. The van der Waals surface area contributed by atoms with E-state index in [1.165, 1.54) is 4.90 Å². The van der Waals surface area contributed by atoms with Gasteiger partial charge in [-0.25, -0.2) is 4.79 Å². The maximum Gasteiger partial charge on any atom is 0.344 e. The second-order valence-corrected chi connectivity index (χ2v) is 9.04. The van der Waals surface area contributed by atoms with E-state index in [9.17, 15) is 14.4 Å². The smallest absolute Gasteiger partial charge is 0.344 e. The Balaban J connectivity index is 1.49. The number of esters is 1. The van der Waals surface area contributed by atoms with Crippen LogP contribution in [0.5, 0.6) is 5.75 Å². The largest absolute Gasteiger partial charge is 0.481 e. The number of nitrogens with zero attached hydrogens (tertiary/aromatic N) is 1. The first-order valence-electron chi connectivity index (χ1n) is 10.3. The number of halogens is 1. The highest BCUT2D eigenvalue weighted by Crippen LogP contribution is 2.35. The van der Waals surface area contributed by atoms with E-state index < -0.39 is 5.97 Å². The zero-order valence-corrected chi connectivity index (χ0v) is 20.1.